The number of amides is 2. The molecule has 3 N–H and O–H groups in total. The van der Waals surface area contributed by atoms with Gasteiger partial charge in [-0.25, -0.2) is 9.59 Å². The SMILES string of the molecule is CC(C)C[C@@H](NC(=O)N(C)c1cccc(O)c1)C(=O)O. The number of hydrogen-bond acceptors (Lipinski definition) is 3. The molecule has 0 saturated heterocycles. The van der Waals surface area contributed by atoms with Crippen molar-refractivity contribution in [2.24, 2.45) is 5.92 Å². The molecule has 20 heavy (non-hydrogen) atoms. The van der Waals surface area contributed by atoms with Crippen LogP contribution < -0.4 is 10.2 Å². The van der Waals surface area contributed by atoms with E-state index in [0.717, 1.165) is 0 Å². The molecule has 0 radical (unpaired) electrons. The maximum Gasteiger partial charge on any atom is 0.326 e. The Morgan fingerprint density at radius 2 is 2.00 bits per heavy atom. The van der Waals surface area contributed by atoms with Crippen LogP contribution in [-0.4, -0.2) is 35.3 Å². The molecule has 0 aliphatic carbocycles. The number of aliphatic carboxylic acids is 1. The number of nitrogens with zero attached hydrogens (tertiary/aromatic N) is 1. The van der Waals surface area contributed by atoms with Crippen molar-refractivity contribution < 1.29 is 19.8 Å². The zero-order valence-corrected chi connectivity index (χ0v) is 11.8. The molecule has 0 bridgehead atoms. The number of carboxylic acids is 1. The molecule has 0 aromatic heterocycles. The third-order valence-electron chi connectivity index (χ3n) is 2.82. The number of rotatable bonds is 5. The number of anilines is 1. The summed E-state index contributed by atoms with van der Waals surface area (Å²) in [6.45, 7) is 3.78. The van der Waals surface area contributed by atoms with E-state index in [1.54, 1.807) is 12.1 Å². The van der Waals surface area contributed by atoms with E-state index in [1.807, 2.05) is 13.8 Å². The van der Waals surface area contributed by atoms with Crippen LogP contribution in [0.1, 0.15) is 20.3 Å². The number of hydrogen-bond donors (Lipinski definition) is 3. The van der Waals surface area contributed by atoms with Gasteiger partial charge in [-0.3, -0.25) is 4.90 Å². The highest BCUT2D eigenvalue weighted by molar-refractivity contribution is 5.94. The highest BCUT2D eigenvalue weighted by atomic mass is 16.4. The standard InChI is InChI=1S/C14H20N2O4/c1-9(2)7-12(13(18)19)15-14(20)16(3)10-5-4-6-11(17)8-10/h4-6,8-9,12,17H,7H2,1-3H3,(H,15,20)(H,18,19)/t12-/m1/s1. The predicted molar refractivity (Wildman–Crippen MR) is 75.9 cm³/mol. The summed E-state index contributed by atoms with van der Waals surface area (Å²) in [5, 5.41) is 20.9. The topological polar surface area (TPSA) is 89.9 Å². The number of phenolic OH excluding ortho intramolecular Hbond substituents is 1. The van der Waals surface area contributed by atoms with Gasteiger partial charge in [0.2, 0.25) is 0 Å². The fourth-order valence-corrected chi connectivity index (χ4v) is 1.76. The molecule has 0 spiro atoms. The molecule has 0 aliphatic rings. The van der Waals surface area contributed by atoms with Crippen molar-refractivity contribution in [3.05, 3.63) is 24.3 Å². The van der Waals surface area contributed by atoms with Gasteiger partial charge in [0.15, 0.2) is 0 Å². The quantitative estimate of drug-likeness (QED) is 0.770. The van der Waals surface area contributed by atoms with Crippen LogP contribution in [0.4, 0.5) is 10.5 Å². The summed E-state index contributed by atoms with van der Waals surface area (Å²) in [5.41, 5.74) is 0.483. The van der Waals surface area contributed by atoms with Crippen LogP contribution in [0.2, 0.25) is 0 Å². The van der Waals surface area contributed by atoms with Crippen LogP contribution in [0.5, 0.6) is 5.75 Å². The molecule has 2 amide bonds. The van der Waals surface area contributed by atoms with E-state index >= 15 is 0 Å². The highest BCUT2D eigenvalue weighted by Crippen LogP contribution is 2.19. The summed E-state index contributed by atoms with van der Waals surface area (Å²) in [5.74, 6) is -0.863. The first-order valence-electron chi connectivity index (χ1n) is 6.37. The molecular weight excluding hydrogens is 260 g/mol. The molecule has 1 aromatic carbocycles. The molecule has 1 rings (SSSR count). The van der Waals surface area contributed by atoms with Gasteiger partial charge in [-0.05, 0) is 24.5 Å². The van der Waals surface area contributed by atoms with Crippen LogP contribution in [0.15, 0.2) is 24.3 Å². The minimum absolute atomic E-state index is 0.0408. The summed E-state index contributed by atoms with van der Waals surface area (Å²) < 4.78 is 0. The van der Waals surface area contributed by atoms with Gasteiger partial charge in [-0.1, -0.05) is 19.9 Å². The van der Waals surface area contributed by atoms with Gasteiger partial charge >= 0.3 is 12.0 Å². The maximum atomic E-state index is 12.0. The minimum Gasteiger partial charge on any atom is -0.508 e. The molecule has 110 valence electrons. The monoisotopic (exact) mass is 280 g/mol. The predicted octanol–water partition coefficient (Wildman–Crippen LogP) is 2.04. The number of carboxylic acid groups (broad SMARTS) is 1. The molecule has 6 heteroatoms. The number of nitrogens with one attached hydrogen (secondary N) is 1. The van der Waals surface area contributed by atoms with E-state index in [2.05, 4.69) is 5.32 Å². The lowest BCUT2D eigenvalue weighted by Gasteiger charge is -2.22. The van der Waals surface area contributed by atoms with E-state index in [-0.39, 0.29) is 11.7 Å². The van der Waals surface area contributed by atoms with Crippen molar-refractivity contribution in [1.82, 2.24) is 5.32 Å². The molecule has 1 atom stereocenters. The number of aromatic hydroxyl groups is 1. The molecule has 1 aromatic rings. The summed E-state index contributed by atoms with van der Waals surface area (Å²) in [6.07, 6.45) is 0.356. The maximum absolute atomic E-state index is 12.0. The van der Waals surface area contributed by atoms with Gasteiger partial charge in [-0.15, -0.1) is 0 Å². The Bertz CT molecular complexity index is 488. The van der Waals surface area contributed by atoms with Gasteiger partial charge in [-0.2, -0.15) is 0 Å². The Balaban J connectivity index is 2.76. The van der Waals surface area contributed by atoms with Gasteiger partial charge in [0.1, 0.15) is 11.8 Å². The number of carbonyl (C=O) groups excluding carboxylic acids is 1. The third kappa shape index (κ3) is 4.46. The van der Waals surface area contributed by atoms with Gasteiger partial charge < -0.3 is 15.5 Å². The lowest BCUT2D eigenvalue weighted by molar-refractivity contribution is -0.139. The van der Waals surface area contributed by atoms with Crippen LogP contribution >= 0.6 is 0 Å². The zero-order valence-electron chi connectivity index (χ0n) is 11.8. The van der Waals surface area contributed by atoms with Crippen molar-refractivity contribution >= 4 is 17.7 Å². The number of benzene rings is 1. The van der Waals surface area contributed by atoms with Crippen molar-refractivity contribution in [3.63, 3.8) is 0 Å². The second-order valence-electron chi connectivity index (χ2n) is 5.05. The molecule has 0 fully saturated rings. The Kier molecular flexibility index (Phi) is 5.37. The molecule has 0 unspecified atom stereocenters. The fraction of sp³-hybridized carbons (Fsp3) is 0.429. The number of urea groups is 1. The number of phenols is 1. The van der Waals surface area contributed by atoms with Gasteiger partial charge in [0, 0.05) is 18.8 Å². The zero-order chi connectivity index (χ0) is 15.3. The molecule has 0 heterocycles. The van der Waals surface area contributed by atoms with Crippen LogP contribution in [0.3, 0.4) is 0 Å². The first-order chi connectivity index (χ1) is 9.31. The Morgan fingerprint density at radius 3 is 2.50 bits per heavy atom. The first-order valence-corrected chi connectivity index (χ1v) is 6.37. The highest BCUT2D eigenvalue weighted by Gasteiger charge is 2.23. The second kappa shape index (κ2) is 6.79. The molecule has 0 saturated carbocycles. The molecular formula is C14H20N2O4. The molecule has 0 aliphatic heterocycles. The largest absolute Gasteiger partial charge is 0.508 e. The average molecular weight is 280 g/mol. The third-order valence-corrected chi connectivity index (χ3v) is 2.82. The van der Waals surface area contributed by atoms with E-state index in [1.165, 1.54) is 24.1 Å². The van der Waals surface area contributed by atoms with Crippen LogP contribution in [-0.2, 0) is 4.79 Å². The van der Waals surface area contributed by atoms with Crippen LogP contribution in [0, 0.1) is 5.92 Å². The van der Waals surface area contributed by atoms with Gasteiger partial charge in [0.25, 0.3) is 0 Å². The fourth-order valence-electron chi connectivity index (χ4n) is 1.76. The van der Waals surface area contributed by atoms with E-state index in [0.29, 0.717) is 12.1 Å². The summed E-state index contributed by atoms with van der Waals surface area (Å²) in [4.78, 5) is 24.4. The lowest BCUT2D eigenvalue weighted by Crippen LogP contribution is -2.47. The average Bonchev–Trinajstić information content (AvgIpc) is 2.36. The Hall–Kier alpha value is -2.24. The Labute approximate surface area is 118 Å². The van der Waals surface area contributed by atoms with Crippen molar-refractivity contribution in [2.45, 2.75) is 26.3 Å². The summed E-state index contributed by atoms with van der Waals surface area (Å²) in [6, 6.07) is 4.73. The Morgan fingerprint density at radius 1 is 1.35 bits per heavy atom. The lowest BCUT2D eigenvalue weighted by atomic mass is 10.0. The van der Waals surface area contributed by atoms with Crippen molar-refractivity contribution in [2.75, 3.05) is 11.9 Å². The second-order valence-corrected chi connectivity index (χ2v) is 5.05. The van der Waals surface area contributed by atoms with Crippen molar-refractivity contribution in [3.8, 4) is 5.75 Å². The summed E-state index contributed by atoms with van der Waals surface area (Å²) in [7, 11) is 1.51. The van der Waals surface area contributed by atoms with Crippen LogP contribution in [0.25, 0.3) is 0 Å². The smallest absolute Gasteiger partial charge is 0.326 e. The summed E-state index contributed by atoms with van der Waals surface area (Å²) >= 11 is 0. The minimum atomic E-state index is -1.06. The first kappa shape index (κ1) is 15.8. The van der Waals surface area contributed by atoms with E-state index in [4.69, 9.17) is 5.11 Å². The van der Waals surface area contributed by atoms with E-state index in [9.17, 15) is 14.7 Å². The number of carbonyl (C=O) groups is 2. The molecule has 6 nitrogen and oxygen atoms in total. The van der Waals surface area contributed by atoms with E-state index < -0.39 is 18.0 Å². The normalized spacial score (nSPS) is 12.0. The van der Waals surface area contributed by atoms with Gasteiger partial charge in [0.05, 0.1) is 0 Å². The van der Waals surface area contributed by atoms with Crippen molar-refractivity contribution in [1.29, 1.82) is 0 Å².